The van der Waals surface area contributed by atoms with Crippen LogP contribution >= 0.6 is 0 Å². The van der Waals surface area contributed by atoms with Gasteiger partial charge < -0.3 is 19.5 Å². The first-order valence-corrected chi connectivity index (χ1v) is 12.4. The maximum Gasteiger partial charge on any atom is 0.247 e. The van der Waals surface area contributed by atoms with Crippen LogP contribution in [0.15, 0.2) is 48.5 Å². The molecule has 0 radical (unpaired) electrons. The van der Waals surface area contributed by atoms with Gasteiger partial charge in [-0.05, 0) is 60.1 Å². The van der Waals surface area contributed by atoms with Gasteiger partial charge in [0, 0.05) is 18.5 Å². The SMILES string of the molecule is COc1ccc([C@H]2[C@@H]3CCCC[C@@]3(O)CCN2C(=O)C=Cc2ccc(C(C)C)cc2)cc1OC. The third kappa shape index (κ3) is 4.85. The highest BCUT2D eigenvalue weighted by molar-refractivity contribution is 5.92. The van der Waals surface area contributed by atoms with Crippen molar-refractivity contribution in [3.8, 4) is 11.5 Å². The highest BCUT2D eigenvalue weighted by atomic mass is 16.5. The fraction of sp³-hybridized carbons (Fsp3) is 0.483. The average molecular weight is 464 g/mol. The summed E-state index contributed by atoms with van der Waals surface area (Å²) in [5.41, 5.74) is 2.53. The van der Waals surface area contributed by atoms with Crippen molar-refractivity contribution >= 4 is 12.0 Å². The van der Waals surface area contributed by atoms with Crippen LogP contribution in [0.3, 0.4) is 0 Å². The second-order valence-electron chi connectivity index (χ2n) is 9.95. The Morgan fingerprint density at radius 3 is 2.47 bits per heavy atom. The fourth-order valence-corrected chi connectivity index (χ4v) is 5.63. The third-order valence-corrected chi connectivity index (χ3v) is 7.62. The Balaban J connectivity index is 1.65. The molecule has 2 aromatic carbocycles. The molecule has 2 fully saturated rings. The zero-order valence-corrected chi connectivity index (χ0v) is 20.8. The third-order valence-electron chi connectivity index (χ3n) is 7.62. The number of aliphatic hydroxyl groups is 1. The molecule has 0 unspecified atom stereocenters. The molecule has 2 aromatic rings. The Kier molecular flexibility index (Phi) is 7.32. The summed E-state index contributed by atoms with van der Waals surface area (Å²) >= 11 is 0. The first-order valence-electron chi connectivity index (χ1n) is 12.4. The van der Waals surface area contributed by atoms with Gasteiger partial charge in [-0.15, -0.1) is 0 Å². The highest BCUT2D eigenvalue weighted by Gasteiger charge is 2.50. The molecule has 0 aromatic heterocycles. The lowest BCUT2D eigenvalue weighted by Gasteiger charge is -2.52. The van der Waals surface area contributed by atoms with Gasteiger partial charge in [0.05, 0.1) is 25.9 Å². The number of carbonyl (C=O) groups excluding carboxylic acids is 1. The maximum atomic E-state index is 13.5. The lowest BCUT2D eigenvalue weighted by molar-refractivity contribution is -0.150. The van der Waals surface area contributed by atoms with E-state index in [0.29, 0.717) is 30.4 Å². The summed E-state index contributed by atoms with van der Waals surface area (Å²) in [5.74, 6) is 1.74. The van der Waals surface area contributed by atoms with Crippen LogP contribution in [0.1, 0.15) is 74.6 Å². The molecule has 1 aliphatic carbocycles. The van der Waals surface area contributed by atoms with Crippen molar-refractivity contribution in [3.05, 3.63) is 65.2 Å². The van der Waals surface area contributed by atoms with E-state index in [4.69, 9.17) is 9.47 Å². The Morgan fingerprint density at radius 2 is 1.79 bits per heavy atom. The Morgan fingerprint density at radius 1 is 1.06 bits per heavy atom. The number of piperidine rings is 1. The number of rotatable bonds is 6. The zero-order valence-electron chi connectivity index (χ0n) is 20.8. The van der Waals surface area contributed by atoms with E-state index in [2.05, 4.69) is 38.1 Å². The van der Waals surface area contributed by atoms with Crippen LogP contribution in [0.5, 0.6) is 11.5 Å². The van der Waals surface area contributed by atoms with Crippen LogP contribution in [-0.4, -0.2) is 42.3 Å². The summed E-state index contributed by atoms with van der Waals surface area (Å²) in [4.78, 5) is 15.4. The van der Waals surface area contributed by atoms with E-state index in [1.807, 2.05) is 29.2 Å². The smallest absolute Gasteiger partial charge is 0.247 e. The van der Waals surface area contributed by atoms with Gasteiger partial charge in [-0.25, -0.2) is 0 Å². The number of carbonyl (C=O) groups is 1. The van der Waals surface area contributed by atoms with Crippen LogP contribution in [0.2, 0.25) is 0 Å². The van der Waals surface area contributed by atoms with Gasteiger partial charge in [0.15, 0.2) is 11.5 Å². The summed E-state index contributed by atoms with van der Waals surface area (Å²) in [6.45, 7) is 4.87. The van der Waals surface area contributed by atoms with Crippen LogP contribution in [0, 0.1) is 5.92 Å². The van der Waals surface area contributed by atoms with Gasteiger partial charge in [0.2, 0.25) is 5.91 Å². The molecule has 4 rings (SSSR count). The fourth-order valence-electron chi connectivity index (χ4n) is 5.63. The van der Waals surface area contributed by atoms with Crippen molar-refractivity contribution in [2.24, 2.45) is 5.92 Å². The van der Waals surface area contributed by atoms with Crippen LogP contribution in [0.25, 0.3) is 6.08 Å². The molecule has 2 aliphatic rings. The number of hydrogen-bond acceptors (Lipinski definition) is 4. The molecular weight excluding hydrogens is 426 g/mol. The van der Waals surface area contributed by atoms with Crippen molar-refractivity contribution < 1.29 is 19.4 Å². The first-order chi connectivity index (χ1) is 16.4. The molecule has 0 spiro atoms. The normalized spacial score (nSPS) is 24.8. The number of likely N-dealkylation sites (tertiary alicyclic amines) is 1. The summed E-state index contributed by atoms with van der Waals surface area (Å²) in [6.07, 6.45) is 7.97. The van der Waals surface area contributed by atoms with Gasteiger partial charge in [-0.3, -0.25) is 4.79 Å². The van der Waals surface area contributed by atoms with E-state index in [1.165, 1.54) is 5.56 Å². The molecule has 0 bridgehead atoms. The number of methoxy groups -OCH3 is 2. The number of fused-ring (bicyclic) bond motifs is 1. The van der Waals surface area contributed by atoms with Gasteiger partial charge in [0.25, 0.3) is 0 Å². The van der Waals surface area contributed by atoms with Crippen molar-refractivity contribution in [1.29, 1.82) is 0 Å². The van der Waals surface area contributed by atoms with E-state index in [-0.39, 0.29) is 17.9 Å². The van der Waals surface area contributed by atoms with Crippen molar-refractivity contribution in [1.82, 2.24) is 4.90 Å². The first kappa shape index (κ1) is 24.3. The second kappa shape index (κ2) is 10.2. The lowest BCUT2D eigenvalue weighted by Crippen LogP contribution is -2.56. The molecule has 34 heavy (non-hydrogen) atoms. The molecule has 1 N–H and O–H groups in total. The molecule has 5 nitrogen and oxygen atoms in total. The zero-order chi connectivity index (χ0) is 24.3. The number of benzene rings is 2. The molecule has 1 heterocycles. The van der Waals surface area contributed by atoms with Crippen LogP contribution in [0.4, 0.5) is 0 Å². The molecular formula is C29H37NO4. The molecule has 1 amide bonds. The maximum absolute atomic E-state index is 13.5. The lowest BCUT2D eigenvalue weighted by atomic mass is 9.66. The van der Waals surface area contributed by atoms with E-state index in [0.717, 1.165) is 36.8 Å². The minimum absolute atomic E-state index is 0.00391. The molecule has 5 heteroatoms. The minimum atomic E-state index is -0.733. The molecule has 182 valence electrons. The van der Waals surface area contributed by atoms with Crippen molar-refractivity contribution in [2.45, 2.75) is 63.5 Å². The van der Waals surface area contributed by atoms with Crippen LogP contribution < -0.4 is 9.47 Å². The van der Waals surface area contributed by atoms with Gasteiger partial charge >= 0.3 is 0 Å². The Hall–Kier alpha value is -2.79. The molecule has 1 saturated carbocycles. The minimum Gasteiger partial charge on any atom is -0.493 e. The van der Waals surface area contributed by atoms with E-state index in [9.17, 15) is 9.90 Å². The van der Waals surface area contributed by atoms with E-state index < -0.39 is 5.60 Å². The average Bonchev–Trinajstić information content (AvgIpc) is 2.86. The topological polar surface area (TPSA) is 59.0 Å². The number of ether oxygens (including phenoxy) is 2. The predicted octanol–water partition coefficient (Wildman–Crippen LogP) is 5.74. The molecule has 3 atom stereocenters. The summed E-state index contributed by atoms with van der Waals surface area (Å²) < 4.78 is 11.0. The summed E-state index contributed by atoms with van der Waals surface area (Å²) in [5, 5.41) is 11.5. The second-order valence-corrected chi connectivity index (χ2v) is 9.95. The van der Waals surface area contributed by atoms with Crippen molar-refractivity contribution in [2.75, 3.05) is 20.8 Å². The monoisotopic (exact) mass is 463 g/mol. The van der Waals surface area contributed by atoms with E-state index in [1.54, 1.807) is 20.3 Å². The number of nitrogens with zero attached hydrogens (tertiary/aromatic N) is 1. The Labute approximate surface area is 203 Å². The number of hydrogen-bond donors (Lipinski definition) is 1. The summed E-state index contributed by atoms with van der Waals surface area (Å²) in [6, 6.07) is 14.0. The highest BCUT2D eigenvalue weighted by Crippen LogP contribution is 2.50. The predicted molar refractivity (Wildman–Crippen MR) is 135 cm³/mol. The Bertz CT molecular complexity index is 1030. The standard InChI is InChI=1S/C29H37NO4/c1-20(2)22-11-8-21(9-12-22)10-15-27(31)30-18-17-29(32)16-6-5-7-24(29)28(30)23-13-14-25(33-3)26(19-23)34-4/h8-15,19-20,24,28,32H,5-7,16-18H2,1-4H3/t24-,28-,29+/m0/s1. The summed E-state index contributed by atoms with van der Waals surface area (Å²) in [7, 11) is 3.24. The molecule has 1 saturated heterocycles. The number of amides is 1. The van der Waals surface area contributed by atoms with Gasteiger partial charge in [-0.1, -0.05) is 57.0 Å². The van der Waals surface area contributed by atoms with Crippen LogP contribution in [-0.2, 0) is 4.79 Å². The van der Waals surface area contributed by atoms with E-state index >= 15 is 0 Å². The molecule has 1 aliphatic heterocycles. The largest absolute Gasteiger partial charge is 0.493 e. The van der Waals surface area contributed by atoms with Gasteiger partial charge in [0.1, 0.15) is 0 Å². The van der Waals surface area contributed by atoms with Gasteiger partial charge in [-0.2, -0.15) is 0 Å². The quantitative estimate of drug-likeness (QED) is 0.556. The van der Waals surface area contributed by atoms with Crippen molar-refractivity contribution in [3.63, 3.8) is 0 Å².